The normalized spacial score (nSPS) is 18.4. The van der Waals surface area contributed by atoms with Crippen LogP contribution in [-0.4, -0.2) is 247 Å². The third-order valence-electron chi connectivity index (χ3n) is 23.9. The van der Waals surface area contributed by atoms with Crippen molar-refractivity contribution in [2.75, 3.05) is 96.0 Å². The highest BCUT2D eigenvalue weighted by Crippen LogP contribution is 2.32. The molecule has 4 atom stereocenters. The Morgan fingerprint density at radius 2 is 0.765 bits per heavy atom. The van der Waals surface area contributed by atoms with Crippen LogP contribution in [0.15, 0.2) is 115 Å². The Kier molecular flexibility index (Phi) is 36.1. The summed E-state index contributed by atoms with van der Waals surface area (Å²) >= 11 is 20.4. The van der Waals surface area contributed by atoms with Gasteiger partial charge in [0, 0.05) is 119 Å². The number of hydrogen-bond donors (Lipinski definition) is 6. The number of nitrogens with one attached hydrogen (secondary N) is 5. The first-order valence-corrected chi connectivity index (χ1v) is 54.7. The zero-order valence-corrected chi connectivity index (χ0v) is 82.0. The number of nitrogen functional groups attached to an aromatic ring is 1. The molecule has 43 heteroatoms. The minimum Gasteiger partial charge on any atom is -0.399 e. The highest BCUT2D eigenvalue weighted by molar-refractivity contribution is 7.92. The fraction of sp³-hybridized carbons (Fsp3) is 0.483. The summed E-state index contributed by atoms with van der Waals surface area (Å²) in [5.41, 5.74) is 18.3. The molecule has 3 aromatic carbocycles. The quantitative estimate of drug-likeness (QED) is 0.0228. The lowest BCUT2D eigenvalue weighted by molar-refractivity contribution is 0.0717. The molecule has 33 nitrogen and oxygen atoms in total. The maximum absolute atomic E-state index is 14.3. The van der Waals surface area contributed by atoms with Gasteiger partial charge in [0.15, 0.2) is 39.3 Å². The number of pyridine rings is 1. The molecule has 5 saturated heterocycles. The number of amides is 5. The molecule has 5 aliphatic rings. The Labute approximate surface area is 789 Å². The van der Waals surface area contributed by atoms with Gasteiger partial charge in [0.05, 0.1) is 86.8 Å². The summed E-state index contributed by atoms with van der Waals surface area (Å²) in [5, 5.41) is 35.8. The van der Waals surface area contributed by atoms with Gasteiger partial charge in [0.25, 0.3) is 29.5 Å². The Morgan fingerprint density at radius 3 is 1.13 bits per heavy atom. The molecular formula is C89H114Cl3FN18O15S6. The van der Waals surface area contributed by atoms with Gasteiger partial charge in [-0.3, -0.25) is 59.4 Å². The lowest BCUT2D eigenvalue weighted by Crippen LogP contribution is -2.34. The molecule has 0 aliphatic carbocycles. The molecule has 4 unspecified atom stereocenters. The summed E-state index contributed by atoms with van der Waals surface area (Å²) in [6, 6.07) is 27.8. The average Bonchev–Trinajstić information content (AvgIpc) is 1.09. The van der Waals surface area contributed by atoms with Gasteiger partial charge in [-0.1, -0.05) is 65.1 Å². The van der Waals surface area contributed by atoms with Crippen molar-refractivity contribution in [3.63, 3.8) is 0 Å². The highest BCUT2D eigenvalue weighted by atomic mass is 35.5. The van der Waals surface area contributed by atoms with Crippen LogP contribution < -0.4 is 5.73 Å². The molecule has 0 radical (unpaired) electrons. The van der Waals surface area contributed by atoms with Gasteiger partial charge < -0.3 is 30.2 Å². The number of benzene rings is 3. The lowest BCUT2D eigenvalue weighted by atomic mass is 9.98. The molecule has 5 aliphatic heterocycles. The van der Waals surface area contributed by atoms with Crippen molar-refractivity contribution >= 4 is 131 Å². The number of hydrogen-bond acceptors (Lipinski definition) is 24. The number of aromatic nitrogens is 12. The molecular weight excluding hydrogens is 1880 g/mol. The predicted octanol–water partition coefficient (Wildman–Crippen LogP) is 12.5. The number of aromatic amines is 5. The summed E-state index contributed by atoms with van der Waals surface area (Å²) in [7, 11) is -14.6. The number of nitrogens with two attached hydrogens (primary N) is 1. The van der Waals surface area contributed by atoms with Crippen molar-refractivity contribution in [1.29, 1.82) is 0 Å². The third-order valence-corrected chi connectivity index (χ3v) is 34.9. The predicted molar refractivity (Wildman–Crippen MR) is 506 cm³/mol. The SMILES string of the molecule is Cc1cc(C(=O)N(CCC2CCS(=O)(=O)C2)Cc2cc(N)ccc2Cl)n[nH]1.Cc1cc(C(=O)N(CCC2CCS(=O)(=O)C2)Cc2cccc(C)c2Cl)n[nH]1.Cc1cc(C(=O)N(CCC2CCS(=O)(=O)C2)Cc2cncs2)n[nH]1.Cc1cc(C(=O)N(CCC2CCS(=O)(=O)C2)Cc2ncccc2Cl)n[nH]1.Cc1cc(C(=O)N(CCC2CCS(=O)(=O)CC2)Cc2c(C)cccc2F)n[nH]1. The Morgan fingerprint density at radius 1 is 0.409 bits per heavy atom. The second-order valence-electron chi connectivity index (χ2n) is 34.8. The molecule has 7 aromatic heterocycles. The van der Waals surface area contributed by atoms with E-state index in [1.54, 1.807) is 109 Å². The van der Waals surface area contributed by atoms with Crippen LogP contribution in [0.3, 0.4) is 0 Å². The standard InChI is InChI=1S/C20H26FN3O3S.C19H24ClN3O3S.C18H23ClN4O3S.C17H21ClN4O3S.C15H20N4O3S2/c1-14-4-3-5-18(21)17(14)13-24(20(25)19-12-15(2)22-23-19)9-6-16-7-10-28(26,27)11-8-16;1-13-4-3-5-16(18(13)20)11-23(19(24)17-10-14(2)21-22-17)8-6-15-7-9-27(25,26)12-15;1-12-8-17(22-21-12)18(24)23(6-4-13-5-7-27(25,26)11-13)10-14-9-15(20)2-3-16(14)19;1-12-9-15(21-20-12)17(23)22(10-16-14(18)3-2-6-19-16)7-4-13-5-8-26(24,25)11-13;1-11-6-14(18-17-11)15(20)19(8-13-7-16-10-23-13)4-2-12-3-5-24(21,22)9-12/h3-5,12,16H,6-11,13H2,1-2H3,(H,22,23);3-5,10,15H,6-9,11-12H2,1-2H3,(H,21,22);2-3,8-9,13H,4-7,10-11,20H2,1H3,(H,21,22);2-3,6,9,13H,4-5,7-8,10-11H2,1H3,(H,20,21);6-7,10,12H,2-5,8-9H2,1H3,(H,17,18). The molecule has 15 rings (SSSR count). The first-order chi connectivity index (χ1) is 62.5. The molecule has 0 bridgehead atoms. The number of halogens is 4. The number of thiazole rings is 1. The lowest BCUT2D eigenvalue weighted by Gasteiger charge is -2.27. The second-order valence-corrected chi connectivity index (χ2v) is 48.1. The minimum absolute atomic E-state index is 0.0718. The van der Waals surface area contributed by atoms with E-state index in [1.807, 2.05) is 72.7 Å². The van der Waals surface area contributed by atoms with E-state index in [0.29, 0.717) is 177 Å². The fourth-order valence-electron chi connectivity index (χ4n) is 16.3. The van der Waals surface area contributed by atoms with Gasteiger partial charge in [-0.05, 0) is 238 Å². The van der Waals surface area contributed by atoms with Gasteiger partial charge in [0.1, 0.15) is 44.1 Å². The zero-order valence-electron chi connectivity index (χ0n) is 74.8. The monoisotopic (exact) mass is 1990 g/mol. The Balaban J connectivity index is 0.000000159. The molecule has 714 valence electrons. The van der Waals surface area contributed by atoms with Crippen molar-refractivity contribution in [3.8, 4) is 0 Å². The number of rotatable bonds is 30. The summed E-state index contributed by atoms with van der Waals surface area (Å²) < 4.78 is 131. The van der Waals surface area contributed by atoms with E-state index in [9.17, 15) is 70.5 Å². The summed E-state index contributed by atoms with van der Waals surface area (Å²) in [6.45, 7) is 16.7. The number of sulfone groups is 5. The van der Waals surface area contributed by atoms with Crippen LogP contribution in [0.5, 0.6) is 0 Å². The smallest absolute Gasteiger partial charge is 0.274 e. The van der Waals surface area contributed by atoms with E-state index in [0.717, 1.165) is 55.6 Å². The molecule has 10 aromatic rings. The van der Waals surface area contributed by atoms with Crippen LogP contribution in [0, 0.1) is 83.9 Å². The number of nitrogens with zero attached hydrogens (tertiary/aromatic N) is 12. The maximum atomic E-state index is 14.3. The molecule has 7 N–H and O–H groups in total. The van der Waals surface area contributed by atoms with Crippen LogP contribution in [-0.2, 0) is 81.9 Å². The first kappa shape index (κ1) is 103. The number of anilines is 1. The summed E-state index contributed by atoms with van der Waals surface area (Å²) in [6.07, 6.45) is 10.5. The maximum Gasteiger partial charge on any atom is 0.274 e. The molecule has 0 spiro atoms. The van der Waals surface area contributed by atoms with Crippen molar-refractivity contribution in [2.24, 2.45) is 29.6 Å². The largest absolute Gasteiger partial charge is 0.399 e. The second kappa shape index (κ2) is 46.4. The Bertz CT molecular complexity index is 6130. The molecule has 5 fully saturated rings. The van der Waals surface area contributed by atoms with E-state index in [1.165, 1.54) is 17.4 Å². The van der Waals surface area contributed by atoms with Crippen molar-refractivity contribution in [1.82, 2.24) is 85.5 Å². The van der Waals surface area contributed by atoms with Crippen LogP contribution in [0.4, 0.5) is 10.1 Å². The minimum atomic E-state index is -2.94. The highest BCUT2D eigenvalue weighted by Gasteiger charge is 2.36. The molecule has 5 amide bonds. The van der Waals surface area contributed by atoms with E-state index in [4.69, 9.17) is 40.5 Å². The van der Waals surface area contributed by atoms with Crippen LogP contribution in [0.1, 0.15) is 190 Å². The number of carbonyl (C=O) groups excluding carboxylic acids is 5. The molecule has 12 heterocycles. The van der Waals surface area contributed by atoms with Gasteiger partial charge >= 0.3 is 0 Å². The van der Waals surface area contributed by atoms with Gasteiger partial charge in [-0.25, -0.2) is 46.5 Å². The van der Waals surface area contributed by atoms with Crippen molar-refractivity contribution in [3.05, 3.63) is 231 Å². The van der Waals surface area contributed by atoms with E-state index < -0.39 is 49.2 Å². The third kappa shape index (κ3) is 30.9. The summed E-state index contributed by atoms with van der Waals surface area (Å²) in [4.78, 5) is 82.1. The van der Waals surface area contributed by atoms with Gasteiger partial charge in [-0.15, -0.1) is 11.3 Å². The van der Waals surface area contributed by atoms with Crippen LogP contribution in [0.2, 0.25) is 15.1 Å². The molecule has 0 saturated carbocycles. The van der Waals surface area contributed by atoms with Gasteiger partial charge in [-0.2, -0.15) is 25.5 Å². The van der Waals surface area contributed by atoms with Crippen molar-refractivity contribution in [2.45, 2.75) is 152 Å². The Hall–Kier alpha value is -9.81. The van der Waals surface area contributed by atoms with E-state index in [-0.39, 0.29) is 142 Å². The van der Waals surface area contributed by atoms with Crippen LogP contribution in [0.25, 0.3) is 0 Å². The average molecular weight is 1990 g/mol. The number of aryl methyl sites for hydroxylation is 7. The fourth-order valence-corrected chi connectivity index (χ4v) is 26.7. The van der Waals surface area contributed by atoms with Crippen LogP contribution >= 0.6 is 46.1 Å². The summed E-state index contributed by atoms with van der Waals surface area (Å²) in [5.74, 6) is 1.47. The van der Waals surface area contributed by atoms with Crippen molar-refractivity contribution < 1.29 is 70.5 Å². The zero-order chi connectivity index (χ0) is 95.4. The topological polar surface area (TPSA) is 467 Å². The molecule has 132 heavy (non-hydrogen) atoms. The number of carbonyl (C=O) groups is 5. The number of H-pyrrole nitrogens is 5. The van der Waals surface area contributed by atoms with E-state index in [2.05, 4.69) is 61.0 Å². The van der Waals surface area contributed by atoms with Gasteiger partial charge in [0.2, 0.25) is 0 Å². The first-order valence-electron chi connectivity index (χ1n) is 43.6. The van der Waals surface area contributed by atoms with E-state index >= 15 is 0 Å².